The maximum atomic E-state index is 12.2. The van der Waals surface area contributed by atoms with Crippen LogP contribution in [-0.4, -0.2) is 53.0 Å². The van der Waals surface area contributed by atoms with E-state index in [0.29, 0.717) is 6.54 Å². The zero-order valence-electron chi connectivity index (χ0n) is 11.4. The molecule has 4 nitrogen and oxygen atoms in total. The first-order valence-corrected chi connectivity index (χ1v) is 5.86. The van der Waals surface area contributed by atoms with E-state index in [0.717, 1.165) is 6.54 Å². The van der Waals surface area contributed by atoms with Gasteiger partial charge in [0.05, 0.1) is 0 Å². The molecule has 2 N–H and O–H groups in total. The molecule has 1 rings (SSSR count). The van der Waals surface area contributed by atoms with Gasteiger partial charge in [0.25, 0.3) is 0 Å². The summed E-state index contributed by atoms with van der Waals surface area (Å²) in [6.45, 7) is 11.8. The van der Waals surface area contributed by atoms with Crippen molar-refractivity contribution in [3.63, 3.8) is 0 Å². The number of carbonyl (C=O) groups excluding carboxylic acids is 1. The Labute approximate surface area is 98.8 Å². The van der Waals surface area contributed by atoms with Crippen molar-refractivity contribution in [3.05, 3.63) is 0 Å². The highest BCUT2D eigenvalue weighted by Crippen LogP contribution is 2.29. The molecule has 1 saturated heterocycles. The van der Waals surface area contributed by atoms with E-state index in [2.05, 4.69) is 39.5 Å². The van der Waals surface area contributed by atoms with Gasteiger partial charge in [0.2, 0.25) is 5.91 Å². The number of hydrogen-bond acceptors (Lipinski definition) is 3. The number of nitrogens with two attached hydrogens (primary N) is 1. The van der Waals surface area contributed by atoms with Crippen LogP contribution in [0, 0.1) is 0 Å². The maximum Gasteiger partial charge on any atom is 0.241 e. The monoisotopic (exact) mass is 227 g/mol. The van der Waals surface area contributed by atoms with Gasteiger partial charge in [-0.15, -0.1) is 0 Å². The molecule has 0 aromatic carbocycles. The molecule has 1 unspecified atom stereocenters. The second-order valence-corrected chi connectivity index (χ2v) is 6.26. The fourth-order valence-corrected chi connectivity index (χ4v) is 2.22. The minimum atomic E-state index is -0.182. The summed E-state index contributed by atoms with van der Waals surface area (Å²) in [5, 5.41) is 0. The summed E-state index contributed by atoms with van der Waals surface area (Å²) >= 11 is 0. The summed E-state index contributed by atoms with van der Waals surface area (Å²) in [5.74, 6) is 0.133. The Balaban J connectivity index is 3.05. The first-order valence-electron chi connectivity index (χ1n) is 5.86. The Morgan fingerprint density at radius 3 is 2.31 bits per heavy atom. The molecule has 94 valence electrons. The van der Waals surface area contributed by atoms with Crippen molar-refractivity contribution < 1.29 is 4.79 Å². The van der Waals surface area contributed by atoms with Crippen LogP contribution in [0.4, 0.5) is 0 Å². The van der Waals surface area contributed by atoms with E-state index in [1.165, 1.54) is 0 Å². The fraction of sp³-hybridized carbons (Fsp3) is 0.917. The minimum absolute atomic E-state index is 0.0295. The minimum Gasteiger partial charge on any atom is -0.338 e. The summed E-state index contributed by atoms with van der Waals surface area (Å²) in [7, 11) is 1.87. The summed E-state index contributed by atoms with van der Waals surface area (Å²) in [6.07, 6.45) is 0. The molecule has 0 aliphatic carbocycles. The van der Waals surface area contributed by atoms with Gasteiger partial charge in [-0.05, 0) is 34.6 Å². The first kappa shape index (κ1) is 13.5. The molecule has 0 spiro atoms. The first-order chi connectivity index (χ1) is 7.11. The van der Waals surface area contributed by atoms with Crippen molar-refractivity contribution in [1.82, 2.24) is 9.80 Å². The van der Waals surface area contributed by atoms with Crippen molar-refractivity contribution >= 4 is 5.91 Å². The molecule has 0 radical (unpaired) electrons. The van der Waals surface area contributed by atoms with Crippen molar-refractivity contribution in [1.29, 1.82) is 0 Å². The molecule has 1 aliphatic heterocycles. The van der Waals surface area contributed by atoms with Crippen molar-refractivity contribution in [2.75, 3.05) is 20.1 Å². The number of piperazine rings is 1. The lowest BCUT2D eigenvalue weighted by atomic mass is 9.90. The van der Waals surface area contributed by atoms with Crippen LogP contribution in [0.25, 0.3) is 0 Å². The van der Waals surface area contributed by atoms with Crippen LogP contribution in [-0.2, 0) is 4.79 Å². The van der Waals surface area contributed by atoms with E-state index in [9.17, 15) is 4.79 Å². The number of carbonyl (C=O) groups is 1. The number of amides is 1. The number of nitrogens with zero attached hydrogens (tertiary/aromatic N) is 2. The standard InChI is InChI=1S/C12H25N3O/c1-11(2,3)15-8-12(4,5)14(6)10(16)9(15)7-13/h9H,7-8,13H2,1-6H3. The zero-order chi connectivity index (χ0) is 12.7. The molecule has 1 heterocycles. The molecule has 0 saturated carbocycles. The van der Waals surface area contributed by atoms with E-state index in [-0.39, 0.29) is 23.0 Å². The highest BCUT2D eigenvalue weighted by Gasteiger charge is 2.45. The van der Waals surface area contributed by atoms with Crippen molar-refractivity contribution in [3.8, 4) is 0 Å². The van der Waals surface area contributed by atoms with Crippen molar-refractivity contribution in [2.45, 2.75) is 51.7 Å². The second kappa shape index (κ2) is 4.00. The normalized spacial score (nSPS) is 27.3. The zero-order valence-corrected chi connectivity index (χ0v) is 11.4. The molecule has 1 amide bonds. The average molecular weight is 227 g/mol. The highest BCUT2D eigenvalue weighted by atomic mass is 16.2. The topological polar surface area (TPSA) is 49.6 Å². The Morgan fingerprint density at radius 1 is 1.44 bits per heavy atom. The molecule has 1 atom stereocenters. The SMILES string of the molecule is CN1C(=O)C(CN)N(C(C)(C)C)CC1(C)C. The van der Waals surface area contributed by atoms with Crippen LogP contribution in [0.15, 0.2) is 0 Å². The van der Waals surface area contributed by atoms with Crippen LogP contribution < -0.4 is 5.73 Å². The third-order valence-electron chi connectivity index (χ3n) is 3.54. The molecular weight excluding hydrogens is 202 g/mol. The number of rotatable bonds is 1. The molecule has 0 bridgehead atoms. The second-order valence-electron chi connectivity index (χ2n) is 6.26. The van der Waals surface area contributed by atoms with Gasteiger partial charge < -0.3 is 10.6 Å². The molecule has 0 aromatic heterocycles. The molecule has 1 aliphatic rings. The van der Waals surface area contributed by atoms with Gasteiger partial charge in [-0.25, -0.2) is 0 Å². The van der Waals surface area contributed by atoms with Crippen LogP contribution in [0.2, 0.25) is 0 Å². The third kappa shape index (κ3) is 2.23. The maximum absolute atomic E-state index is 12.2. The van der Waals surface area contributed by atoms with Crippen LogP contribution >= 0.6 is 0 Å². The summed E-state index contributed by atoms with van der Waals surface area (Å²) in [5.41, 5.74) is 5.58. The molecule has 0 aromatic rings. The Morgan fingerprint density at radius 2 is 1.94 bits per heavy atom. The van der Waals surface area contributed by atoms with Gasteiger partial charge in [0.15, 0.2) is 0 Å². The van der Waals surface area contributed by atoms with Crippen LogP contribution in [0.5, 0.6) is 0 Å². The van der Waals surface area contributed by atoms with E-state index < -0.39 is 0 Å². The lowest BCUT2D eigenvalue weighted by Gasteiger charge is -2.53. The lowest BCUT2D eigenvalue weighted by molar-refractivity contribution is -0.153. The molecule has 16 heavy (non-hydrogen) atoms. The van der Waals surface area contributed by atoms with Gasteiger partial charge >= 0.3 is 0 Å². The number of likely N-dealkylation sites (N-methyl/N-ethyl adjacent to an activating group) is 1. The van der Waals surface area contributed by atoms with Gasteiger partial charge in [-0.2, -0.15) is 0 Å². The van der Waals surface area contributed by atoms with Crippen LogP contribution in [0.3, 0.4) is 0 Å². The molecule has 1 fully saturated rings. The predicted molar refractivity (Wildman–Crippen MR) is 66.2 cm³/mol. The fourth-order valence-electron chi connectivity index (χ4n) is 2.22. The van der Waals surface area contributed by atoms with Crippen LogP contribution in [0.1, 0.15) is 34.6 Å². The van der Waals surface area contributed by atoms with E-state index in [4.69, 9.17) is 5.73 Å². The van der Waals surface area contributed by atoms with Crippen molar-refractivity contribution in [2.24, 2.45) is 5.73 Å². The van der Waals surface area contributed by atoms with Gasteiger partial charge in [-0.3, -0.25) is 9.69 Å². The van der Waals surface area contributed by atoms with Gasteiger partial charge in [0, 0.05) is 31.2 Å². The molecular formula is C12H25N3O. The van der Waals surface area contributed by atoms with Gasteiger partial charge in [-0.1, -0.05) is 0 Å². The summed E-state index contributed by atoms with van der Waals surface area (Å²) < 4.78 is 0. The highest BCUT2D eigenvalue weighted by molar-refractivity contribution is 5.83. The largest absolute Gasteiger partial charge is 0.338 e. The Kier molecular flexibility index (Phi) is 3.37. The molecule has 4 heteroatoms. The third-order valence-corrected chi connectivity index (χ3v) is 3.54. The Bertz CT molecular complexity index is 280. The average Bonchev–Trinajstić information content (AvgIpc) is 2.12. The van der Waals surface area contributed by atoms with E-state index >= 15 is 0 Å². The summed E-state index contributed by atoms with van der Waals surface area (Å²) in [4.78, 5) is 16.3. The smallest absolute Gasteiger partial charge is 0.241 e. The lowest BCUT2D eigenvalue weighted by Crippen LogP contribution is -2.70. The summed E-state index contributed by atoms with van der Waals surface area (Å²) in [6, 6.07) is -0.182. The number of hydrogen-bond donors (Lipinski definition) is 1. The predicted octanol–water partition coefficient (Wildman–Crippen LogP) is 0.665. The van der Waals surface area contributed by atoms with E-state index in [1.54, 1.807) is 0 Å². The Hall–Kier alpha value is -0.610. The van der Waals surface area contributed by atoms with Gasteiger partial charge in [0.1, 0.15) is 6.04 Å². The van der Waals surface area contributed by atoms with E-state index in [1.807, 2.05) is 11.9 Å². The quantitative estimate of drug-likeness (QED) is 0.716.